The number of guanidine groups is 1. The van der Waals surface area contributed by atoms with Gasteiger partial charge in [0.1, 0.15) is 0 Å². The van der Waals surface area contributed by atoms with E-state index in [1.165, 1.54) is 11.9 Å². The molecule has 3 aromatic carbocycles. The van der Waals surface area contributed by atoms with E-state index in [0.29, 0.717) is 18.4 Å². The van der Waals surface area contributed by atoms with Crippen LogP contribution in [-0.4, -0.2) is 29.7 Å². The molecule has 1 aliphatic rings. The molecule has 1 heterocycles. The van der Waals surface area contributed by atoms with Crippen LogP contribution >= 0.6 is 0 Å². The fourth-order valence-corrected chi connectivity index (χ4v) is 4.96. The number of hydrogen-bond acceptors (Lipinski definition) is 4. The Hall–Kier alpha value is -4.14. The molecular formula is C31H33F3N4O2. The van der Waals surface area contributed by atoms with Gasteiger partial charge in [-0.15, -0.1) is 0 Å². The zero-order valence-electron chi connectivity index (χ0n) is 22.9. The summed E-state index contributed by atoms with van der Waals surface area (Å²) < 4.78 is 42.2. The first-order valence-corrected chi connectivity index (χ1v) is 13.2. The number of amides is 2. The summed E-state index contributed by atoms with van der Waals surface area (Å²) in [6, 6.07) is 20.6. The predicted molar refractivity (Wildman–Crippen MR) is 150 cm³/mol. The summed E-state index contributed by atoms with van der Waals surface area (Å²) in [6.07, 6.45) is -3.75. The first-order valence-electron chi connectivity index (χ1n) is 13.2. The van der Waals surface area contributed by atoms with Gasteiger partial charge < -0.3 is 10.6 Å². The molecule has 6 nitrogen and oxygen atoms in total. The standard InChI is InChI=1S/C31H33F3N4O2/c1-20(2)17-18-30(23-13-9-6-10-14-23)28(40)38(29(35)36-30)24-15-16-26(31(32,33)34)25(19-24)27(39)37(4)21(3)22-11-7-5-8-12-22/h5-16,19-21H,17-18H2,1-4H3,(H2,35,36). The minimum absolute atomic E-state index is 0.0470. The van der Waals surface area contributed by atoms with E-state index in [1.54, 1.807) is 55.5 Å². The van der Waals surface area contributed by atoms with Gasteiger partial charge in [0.05, 0.1) is 22.9 Å². The van der Waals surface area contributed by atoms with Gasteiger partial charge in [0.25, 0.3) is 11.8 Å². The van der Waals surface area contributed by atoms with Crippen LogP contribution in [0.15, 0.2) is 83.9 Å². The summed E-state index contributed by atoms with van der Waals surface area (Å²) in [5.74, 6) is -1.17. The highest BCUT2D eigenvalue weighted by atomic mass is 19.4. The van der Waals surface area contributed by atoms with Crippen molar-refractivity contribution in [3.8, 4) is 0 Å². The van der Waals surface area contributed by atoms with Crippen molar-refractivity contribution in [1.82, 2.24) is 4.90 Å². The number of nitrogens with two attached hydrogens (primary N) is 1. The fourth-order valence-electron chi connectivity index (χ4n) is 4.96. The van der Waals surface area contributed by atoms with Crippen molar-refractivity contribution in [2.45, 2.75) is 51.4 Å². The van der Waals surface area contributed by atoms with Crippen LogP contribution in [0.1, 0.15) is 66.7 Å². The van der Waals surface area contributed by atoms with E-state index >= 15 is 0 Å². The Kier molecular flexibility index (Phi) is 8.05. The summed E-state index contributed by atoms with van der Waals surface area (Å²) in [5.41, 5.74) is 4.77. The number of carbonyl (C=O) groups is 2. The molecule has 0 aromatic heterocycles. The lowest BCUT2D eigenvalue weighted by atomic mass is 9.83. The summed E-state index contributed by atoms with van der Waals surface area (Å²) in [5, 5.41) is 0. The van der Waals surface area contributed by atoms with Crippen molar-refractivity contribution in [2.75, 3.05) is 11.9 Å². The van der Waals surface area contributed by atoms with Gasteiger partial charge in [0.15, 0.2) is 5.54 Å². The summed E-state index contributed by atoms with van der Waals surface area (Å²) >= 11 is 0. The largest absolute Gasteiger partial charge is 0.417 e. The van der Waals surface area contributed by atoms with Crippen LogP contribution < -0.4 is 10.6 Å². The van der Waals surface area contributed by atoms with E-state index in [0.717, 1.165) is 28.7 Å². The molecule has 2 N–H and O–H groups in total. The lowest BCUT2D eigenvalue weighted by molar-refractivity contribution is -0.138. The van der Waals surface area contributed by atoms with E-state index < -0.39 is 40.7 Å². The minimum atomic E-state index is -4.79. The number of hydrogen-bond donors (Lipinski definition) is 1. The molecule has 0 radical (unpaired) electrons. The van der Waals surface area contributed by atoms with Crippen LogP contribution in [0.25, 0.3) is 0 Å². The number of rotatable bonds is 8. The molecule has 210 valence electrons. The Bertz CT molecular complexity index is 1410. The average molecular weight is 551 g/mol. The SMILES string of the molecule is CC(C)CCC1(c2ccccc2)N=C(N)N(c2ccc(C(F)(F)F)c(C(=O)N(C)C(C)c3ccccc3)c2)C1=O. The van der Waals surface area contributed by atoms with Crippen molar-refractivity contribution in [1.29, 1.82) is 0 Å². The third kappa shape index (κ3) is 5.46. The second-order valence-corrected chi connectivity index (χ2v) is 10.5. The lowest BCUT2D eigenvalue weighted by Crippen LogP contribution is -2.43. The number of halogens is 3. The Morgan fingerprint density at radius 2 is 1.60 bits per heavy atom. The Morgan fingerprint density at radius 3 is 2.17 bits per heavy atom. The highest BCUT2D eigenvalue weighted by Crippen LogP contribution is 2.42. The molecule has 2 unspecified atom stereocenters. The van der Waals surface area contributed by atoms with Gasteiger partial charge in [-0.1, -0.05) is 74.5 Å². The lowest BCUT2D eigenvalue weighted by Gasteiger charge is -2.29. The summed E-state index contributed by atoms with van der Waals surface area (Å²) in [4.78, 5) is 34.6. The van der Waals surface area contributed by atoms with Crippen LogP contribution in [0, 0.1) is 5.92 Å². The maximum absolute atomic E-state index is 14.1. The molecule has 0 fully saturated rings. The second kappa shape index (κ2) is 11.2. The molecule has 0 aliphatic carbocycles. The molecule has 2 amide bonds. The number of nitrogens with zero attached hydrogens (tertiary/aromatic N) is 3. The molecule has 0 saturated carbocycles. The van der Waals surface area contributed by atoms with Crippen LogP contribution in [0.4, 0.5) is 18.9 Å². The van der Waals surface area contributed by atoms with E-state index in [1.807, 2.05) is 26.0 Å². The zero-order valence-corrected chi connectivity index (χ0v) is 22.9. The number of alkyl halides is 3. The maximum atomic E-state index is 14.1. The number of carbonyl (C=O) groups excluding carboxylic acids is 2. The van der Waals surface area contributed by atoms with Crippen molar-refractivity contribution >= 4 is 23.5 Å². The van der Waals surface area contributed by atoms with Crippen LogP contribution in [0.5, 0.6) is 0 Å². The molecule has 0 bridgehead atoms. The molecule has 3 aromatic rings. The molecule has 0 saturated heterocycles. The Balaban J connectivity index is 1.77. The van der Waals surface area contributed by atoms with Crippen molar-refractivity contribution in [3.63, 3.8) is 0 Å². The monoisotopic (exact) mass is 550 g/mol. The fraction of sp³-hybridized carbons (Fsp3) is 0.323. The van der Waals surface area contributed by atoms with Crippen LogP contribution in [0.2, 0.25) is 0 Å². The molecule has 9 heteroatoms. The van der Waals surface area contributed by atoms with E-state index in [4.69, 9.17) is 5.73 Å². The summed E-state index contributed by atoms with van der Waals surface area (Å²) in [6.45, 7) is 5.80. The van der Waals surface area contributed by atoms with Gasteiger partial charge in [-0.05, 0) is 55.0 Å². The second-order valence-electron chi connectivity index (χ2n) is 10.5. The highest BCUT2D eigenvalue weighted by Gasteiger charge is 2.50. The maximum Gasteiger partial charge on any atom is 0.417 e. The summed E-state index contributed by atoms with van der Waals surface area (Å²) in [7, 11) is 1.45. The molecule has 4 rings (SSSR count). The predicted octanol–water partition coefficient (Wildman–Crippen LogP) is 6.53. The molecular weight excluding hydrogens is 517 g/mol. The normalized spacial score (nSPS) is 18.1. The van der Waals surface area contributed by atoms with Gasteiger partial charge in [-0.3, -0.25) is 9.59 Å². The zero-order chi connectivity index (χ0) is 29.2. The third-order valence-corrected chi connectivity index (χ3v) is 7.41. The Labute approximate surface area is 232 Å². The van der Waals surface area contributed by atoms with Gasteiger partial charge in [-0.2, -0.15) is 13.2 Å². The number of anilines is 1. The third-order valence-electron chi connectivity index (χ3n) is 7.41. The topological polar surface area (TPSA) is 79.0 Å². The molecule has 40 heavy (non-hydrogen) atoms. The minimum Gasteiger partial charge on any atom is -0.369 e. The molecule has 0 spiro atoms. The van der Waals surface area contributed by atoms with Gasteiger partial charge in [0.2, 0.25) is 5.96 Å². The molecule has 2 atom stereocenters. The van der Waals surface area contributed by atoms with Crippen molar-refractivity contribution in [3.05, 3.63) is 101 Å². The first kappa shape index (κ1) is 28.9. The quantitative estimate of drug-likeness (QED) is 0.346. The van der Waals surface area contributed by atoms with Gasteiger partial charge >= 0.3 is 6.18 Å². The average Bonchev–Trinajstić information content (AvgIpc) is 3.20. The number of aliphatic imine (C=N–C) groups is 1. The van der Waals surface area contributed by atoms with E-state index in [2.05, 4.69) is 4.99 Å². The first-order chi connectivity index (χ1) is 18.9. The highest BCUT2D eigenvalue weighted by molar-refractivity contribution is 6.23. The van der Waals surface area contributed by atoms with Crippen molar-refractivity contribution in [2.24, 2.45) is 16.6 Å². The van der Waals surface area contributed by atoms with E-state index in [-0.39, 0.29) is 17.6 Å². The van der Waals surface area contributed by atoms with E-state index in [9.17, 15) is 22.8 Å². The van der Waals surface area contributed by atoms with Gasteiger partial charge in [-0.25, -0.2) is 9.89 Å². The van der Waals surface area contributed by atoms with Crippen LogP contribution in [-0.2, 0) is 16.5 Å². The van der Waals surface area contributed by atoms with Crippen LogP contribution in [0.3, 0.4) is 0 Å². The number of benzene rings is 3. The molecule has 1 aliphatic heterocycles. The van der Waals surface area contributed by atoms with Crippen molar-refractivity contribution < 1.29 is 22.8 Å². The Morgan fingerprint density at radius 1 is 1.00 bits per heavy atom. The smallest absolute Gasteiger partial charge is 0.369 e. The van der Waals surface area contributed by atoms with Gasteiger partial charge in [0, 0.05) is 7.05 Å².